The van der Waals surface area contributed by atoms with E-state index in [2.05, 4.69) is 20.3 Å². The van der Waals surface area contributed by atoms with Crippen LogP contribution in [0.4, 0.5) is 11.6 Å². The van der Waals surface area contributed by atoms with Crippen molar-refractivity contribution in [2.75, 3.05) is 32.4 Å². The number of rotatable bonds is 6. The van der Waals surface area contributed by atoms with Gasteiger partial charge >= 0.3 is 12.0 Å². The van der Waals surface area contributed by atoms with Crippen molar-refractivity contribution < 1.29 is 14.2 Å². The molecule has 0 fully saturated rings. The number of aromatic nitrogens is 3. The Balaban J connectivity index is 2.18. The molecule has 8 nitrogen and oxygen atoms in total. The smallest absolute Gasteiger partial charge is 0.324 e. The van der Waals surface area contributed by atoms with Gasteiger partial charge in [0.1, 0.15) is 5.75 Å². The number of methoxy groups -OCH3 is 3. The van der Waals surface area contributed by atoms with E-state index in [1.807, 2.05) is 6.07 Å². The number of benzene rings is 1. The fourth-order valence-electron chi connectivity index (χ4n) is 1.71. The van der Waals surface area contributed by atoms with Gasteiger partial charge in [-0.2, -0.15) is 9.97 Å². The largest absolute Gasteiger partial charge is 0.496 e. The average molecular weight is 291 g/mol. The zero-order valence-corrected chi connectivity index (χ0v) is 12.1. The van der Waals surface area contributed by atoms with Crippen LogP contribution in [0, 0.1) is 0 Å². The summed E-state index contributed by atoms with van der Waals surface area (Å²) in [4.78, 5) is 12.1. The maximum atomic E-state index is 5.78. The van der Waals surface area contributed by atoms with E-state index in [1.54, 1.807) is 19.2 Å². The fourth-order valence-corrected chi connectivity index (χ4v) is 1.71. The van der Waals surface area contributed by atoms with Gasteiger partial charge in [0, 0.05) is 17.8 Å². The Morgan fingerprint density at radius 2 is 1.67 bits per heavy atom. The number of hydrogen-bond donors (Lipinski definition) is 2. The summed E-state index contributed by atoms with van der Waals surface area (Å²) in [6, 6.07) is 5.74. The summed E-state index contributed by atoms with van der Waals surface area (Å²) in [5.41, 5.74) is 7.31. The molecule has 112 valence electrons. The number of nitrogens with one attached hydrogen (secondary N) is 1. The van der Waals surface area contributed by atoms with E-state index in [4.69, 9.17) is 19.9 Å². The van der Waals surface area contributed by atoms with Gasteiger partial charge in [-0.3, -0.25) is 0 Å². The van der Waals surface area contributed by atoms with Gasteiger partial charge < -0.3 is 25.3 Å². The minimum absolute atomic E-state index is 0.170. The highest BCUT2D eigenvalue weighted by atomic mass is 16.5. The third-order valence-corrected chi connectivity index (χ3v) is 2.70. The highest BCUT2D eigenvalue weighted by Crippen LogP contribution is 2.22. The van der Waals surface area contributed by atoms with Gasteiger partial charge in [-0.15, -0.1) is 4.98 Å². The summed E-state index contributed by atoms with van der Waals surface area (Å²) in [5.74, 6) is 1.06. The second-order valence-corrected chi connectivity index (χ2v) is 4.06. The number of hydrogen-bond acceptors (Lipinski definition) is 8. The van der Waals surface area contributed by atoms with Crippen LogP contribution in [0.1, 0.15) is 5.56 Å². The number of nitrogens with zero attached hydrogens (tertiary/aromatic N) is 3. The van der Waals surface area contributed by atoms with E-state index < -0.39 is 0 Å². The van der Waals surface area contributed by atoms with E-state index in [-0.39, 0.29) is 12.0 Å². The van der Waals surface area contributed by atoms with E-state index in [0.29, 0.717) is 18.2 Å². The molecule has 0 saturated carbocycles. The maximum absolute atomic E-state index is 5.78. The van der Waals surface area contributed by atoms with E-state index in [9.17, 15) is 0 Å². The molecule has 0 unspecified atom stereocenters. The predicted molar refractivity (Wildman–Crippen MR) is 77.7 cm³/mol. The second-order valence-electron chi connectivity index (χ2n) is 4.06. The van der Waals surface area contributed by atoms with E-state index in [0.717, 1.165) is 11.3 Å². The minimum Gasteiger partial charge on any atom is -0.496 e. The predicted octanol–water partition coefficient (Wildman–Crippen LogP) is 1.09. The van der Waals surface area contributed by atoms with E-state index >= 15 is 0 Å². The van der Waals surface area contributed by atoms with Crippen molar-refractivity contribution in [3.05, 3.63) is 23.8 Å². The van der Waals surface area contributed by atoms with Gasteiger partial charge in [0.15, 0.2) is 0 Å². The molecule has 0 aliphatic rings. The first kappa shape index (κ1) is 14.6. The summed E-state index contributed by atoms with van der Waals surface area (Å²) in [6.07, 6.45) is 0. The summed E-state index contributed by atoms with van der Waals surface area (Å²) < 4.78 is 15.3. The highest BCUT2D eigenvalue weighted by molar-refractivity contribution is 5.49. The summed E-state index contributed by atoms with van der Waals surface area (Å²) in [5, 5.41) is 3.05. The molecule has 1 heterocycles. The van der Waals surface area contributed by atoms with Gasteiger partial charge in [-0.05, 0) is 18.2 Å². The van der Waals surface area contributed by atoms with Gasteiger partial charge in [-0.25, -0.2) is 0 Å². The van der Waals surface area contributed by atoms with Crippen LogP contribution in [-0.4, -0.2) is 36.3 Å². The van der Waals surface area contributed by atoms with Crippen LogP contribution >= 0.6 is 0 Å². The van der Waals surface area contributed by atoms with Crippen LogP contribution in [0.25, 0.3) is 0 Å². The molecule has 0 aliphatic heterocycles. The molecule has 21 heavy (non-hydrogen) atoms. The molecular weight excluding hydrogens is 274 g/mol. The fraction of sp³-hybridized carbons (Fsp3) is 0.308. The van der Waals surface area contributed by atoms with Crippen molar-refractivity contribution in [3.8, 4) is 17.8 Å². The molecule has 2 aromatic rings. The maximum Gasteiger partial charge on any atom is 0.324 e. The van der Waals surface area contributed by atoms with Gasteiger partial charge in [0.2, 0.25) is 5.95 Å². The molecule has 0 aliphatic carbocycles. The van der Waals surface area contributed by atoms with Crippen LogP contribution in [0.3, 0.4) is 0 Å². The van der Waals surface area contributed by atoms with Gasteiger partial charge in [0.05, 0.1) is 21.3 Å². The highest BCUT2D eigenvalue weighted by Gasteiger charge is 2.08. The van der Waals surface area contributed by atoms with Crippen molar-refractivity contribution in [2.24, 2.45) is 0 Å². The Hall–Kier alpha value is -2.77. The first-order valence-electron chi connectivity index (χ1n) is 6.16. The van der Waals surface area contributed by atoms with Crippen LogP contribution < -0.4 is 25.3 Å². The monoisotopic (exact) mass is 291 g/mol. The van der Waals surface area contributed by atoms with Crippen LogP contribution in [-0.2, 0) is 6.54 Å². The molecular formula is C13H17N5O3. The molecule has 1 aromatic heterocycles. The molecule has 0 radical (unpaired) electrons. The Bertz CT molecular complexity index is 599. The molecule has 0 spiro atoms. The standard InChI is InChI=1S/C13H17N5O3/c1-19-10-5-4-9(14)6-8(10)7-15-11-16-12(20-2)18-13(17-11)21-3/h4-6H,7,14H2,1-3H3,(H,15,16,17,18). The lowest BCUT2D eigenvalue weighted by Crippen LogP contribution is -2.08. The Morgan fingerprint density at radius 3 is 2.24 bits per heavy atom. The average Bonchev–Trinajstić information content (AvgIpc) is 2.52. The number of anilines is 2. The van der Waals surface area contributed by atoms with Gasteiger partial charge in [-0.1, -0.05) is 0 Å². The Labute approximate surface area is 122 Å². The zero-order chi connectivity index (χ0) is 15.2. The number of nitrogens with two attached hydrogens (primary N) is 1. The Morgan fingerprint density at radius 1 is 1.00 bits per heavy atom. The molecule has 0 atom stereocenters. The number of ether oxygens (including phenoxy) is 3. The van der Waals surface area contributed by atoms with Gasteiger partial charge in [0.25, 0.3) is 0 Å². The van der Waals surface area contributed by atoms with Crippen LogP contribution in [0.2, 0.25) is 0 Å². The quantitative estimate of drug-likeness (QED) is 0.762. The lowest BCUT2D eigenvalue weighted by Gasteiger charge is -2.11. The lowest BCUT2D eigenvalue weighted by atomic mass is 10.2. The SMILES string of the molecule is COc1nc(NCc2cc(N)ccc2OC)nc(OC)n1. The van der Waals surface area contributed by atoms with E-state index in [1.165, 1.54) is 14.2 Å². The molecule has 2 rings (SSSR count). The number of nitrogen functional groups attached to an aromatic ring is 1. The Kier molecular flexibility index (Phi) is 4.60. The van der Waals surface area contributed by atoms with Crippen molar-refractivity contribution in [1.29, 1.82) is 0 Å². The third kappa shape index (κ3) is 3.62. The third-order valence-electron chi connectivity index (χ3n) is 2.70. The molecule has 3 N–H and O–H groups in total. The first-order chi connectivity index (χ1) is 10.2. The first-order valence-corrected chi connectivity index (χ1v) is 6.16. The van der Waals surface area contributed by atoms with Crippen LogP contribution in [0.5, 0.6) is 17.8 Å². The van der Waals surface area contributed by atoms with Crippen molar-refractivity contribution in [1.82, 2.24) is 15.0 Å². The zero-order valence-electron chi connectivity index (χ0n) is 12.1. The molecule has 1 aromatic carbocycles. The minimum atomic E-state index is 0.170. The molecule has 0 amide bonds. The van der Waals surface area contributed by atoms with Crippen molar-refractivity contribution >= 4 is 11.6 Å². The molecule has 8 heteroatoms. The lowest BCUT2D eigenvalue weighted by molar-refractivity contribution is 0.341. The van der Waals surface area contributed by atoms with Crippen LogP contribution in [0.15, 0.2) is 18.2 Å². The van der Waals surface area contributed by atoms with Crippen molar-refractivity contribution in [3.63, 3.8) is 0 Å². The second kappa shape index (κ2) is 6.60. The molecule has 0 bridgehead atoms. The summed E-state index contributed by atoms with van der Waals surface area (Å²) >= 11 is 0. The normalized spacial score (nSPS) is 10.0. The summed E-state index contributed by atoms with van der Waals surface area (Å²) in [6.45, 7) is 0.435. The topological polar surface area (TPSA) is 104 Å². The summed E-state index contributed by atoms with van der Waals surface area (Å²) in [7, 11) is 4.54. The van der Waals surface area contributed by atoms with Crippen molar-refractivity contribution in [2.45, 2.75) is 6.54 Å². The molecule has 0 saturated heterocycles.